The van der Waals surface area contributed by atoms with Gasteiger partial charge < -0.3 is 10.1 Å². The monoisotopic (exact) mass is 279 g/mol. The van der Waals surface area contributed by atoms with E-state index in [0.717, 1.165) is 0 Å². The molecule has 0 bridgehead atoms. The second-order valence-corrected chi connectivity index (χ2v) is 4.94. The van der Waals surface area contributed by atoms with E-state index >= 15 is 0 Å². The van der Waals surface area contributed by atoms with Crippen LogP contribution in [-0.4, -0.2) is 35.4 Å². The van der Waals surface area contributed by atoms with Crippen LogP contribution in [0.25, 0.3) is 0 Å². The number of carbonyl (C=O) groups is 1. The molecule has 1 atom stereocenters. The molecular weight excluding hydrogens is 262 g/mol. The van der Waals surface area contributed by atoms with Gasteiger partial charge in [0, 0.05) is 30.4 Å². The Balaban J connectivity index is 1.98. The number of amides is 1. The first kappa shape index (κ1) is 13.8. The van der Waals surface area contributed by atoms with Gasteiger partial charge in [-0.2, -0.15) is 5.10 Å². The highest BCUT2D eigenvalue weighted by Crippen LogP contribution is 2.21. The zero-order chi connectivity index (χ0) is 13.5. The molecule has 0 aliphatic rings. The molecule has 2 aromatic rings. The number of rotatable bonds is 7. The predicted octanol–water partition coefficient (Wildman–Crippen LogP) is 1.69. The molecule has 0 aliphatic carbocycles. The number of thiophene rings is 1. The minimum Gasteiger partial charge on any atom is -0.372 e. The summed E-state index contributed by atoms with van der Waals surface area (Å²) >= 11 is 1.66. The molecule has 2 rings (SSSR count). The molecule has 1 amide bonds. The van der Waals surface area contributed by atoms with Crippen LogP contribution in [0.15, 0.2) is 36.0 Å². The summed E-state index contributed by atoms with van der Waals surface area (Å²) in [4.78, 5) is 12.8. The van der Waals surface area contributed by atoms with E-state index in [1.54, 1.807) is 17.5 Å². The third-order valence-electron chi connectivity index (χ3n) is 2.65. The van der Waals surface area contributed by atoms with Crippen molar-refractivity contribution in [3.05, 3.63) is 40.8 Å². The standard InChI is InChI=1S/C13H17N3O2S/c1-2-18-10-13(17)14-9-11(12-5-3-8-19-12)16-7-4-6-15-16/h3-8,11H,2,9-10H2,1H3,(H,14,17). The molecule has 19 heavy (non-hydrogen) atoms. The lowest BCUT2D eigenvalue weighted by Gasteiger charge is -2.17. The lowest BCUT2D eigenvalue weighted by molar-refractivity contribution is -0.125. The van der Waals surface area contributed by atoms with Crippen LogP contribution >= 0.6 is 11.3 Å². The average molecular weight is 279 g/mol. The number of nitrogens with one attached hydrogen (secondary N) is 1. The van der Waals surface area contributed by atoms with Crippen molar-refractivity contribution in [2.75, 3.05) is 19.8 Å². The largest absolute Gasteiger partial charge is 0.372 e. The summed E-state index contributed by atoms with van der Waals surface area (Å²) in [6.07, 6.45) is 3.64. The van der Waals surface area contributed by atoms with Gasteiger partial charge >= 0.3 is 0 Å². The van der Waals surface area contributed by atoms with Gasteiger partial charge in [0.2, 0.25) is 5.91 Å². The lowest BCUT2D eigenvalue weighted by Crippen LogP contribution is -2.33. The Bertz CT molecular complexity index is 448. The quantitative estimate of drug-likeness (QED) is 0.839. The number of hydrogen-bond donors (Lipinski definition) is 1. The molecule has 2 aromatic heterocycles. The van der Waals surface area contributed by atoms with Crippen molar-refractivity contribution in [2.45, 2.75) is 13.0 Å². The van der Waals surface area contributed by atoms with E-state index in [1.807, 2.05) is 41.4 Å². The van der Waals surface area contributed by atoms with Crippen LogP contribution in [0.2, 0.25) is 0 Å². The Morgan fingerprint density at radius 1 is 1.58 bits per heavy atom. The van der Waals surface area contributed by atoms with Crippen LogP contribution in [0.3, 0.4) is 0 Å². The molecule has 0 aromatic carbocycles. The lowest BCUT2D eigenvalue weighted by atomic mass is 10.2. The van der Waals surface area contributed by atoms with Crippen molar-refractivity contribution >= 4 is 17.2 Å². The maximum Gasteiger partial charge on any atom is 0.246 e. The van der Waals surface area contributed by atoms with Crippen molar-refractivity contribution in [2.24, 2.45) is 0 Å². The van der Waals surface area contributed by atoms with E-state index in [-0.39, 0.29) is 18.6 Å². The maximum absolute atomic E-state index is 11.6. The topological polar surface area (TPSA) is 56.1 Å². The molecule has 6 heteroatoms. The summed E-state index contributed by atoms with van der Waals surface area (Å²) in [5, 5.41) is 9.15. The van der Waals surface area contributed by atoms with Crippen LogP contribution in [0.5, 0.6) is 0 Å². The normalized spacial score (nSPS) is 12.3. The average Bonchev–Trinajstić information content (AvgIpc) is 3.09. The molecule has 0 spiro atoms. The van der Waals surface area contributed by atoms with Gasteiger partial charge in [0.25, 0.3) is 0 Å². The van der Waals surface area contributed by atoms with Crippen molar-refractivity contribution < 1.29 is 9.53 Å². The van der Waals surface area contributed by atoms with E-state index < -0.39 is 0 Å². The molecule has 0 aliphatic heterocycles. The van der Waals surface area contributed by atoms with Gasteiger partial charge in [-0.3, -0.25) is 9.48 Å². The highest BCUT2D eigenvalue weighted by atomic mass is 32.1. The predicted molar refractivity (Wildman–Crippen MR) is 74.2 cm³/mol. The van der Waals surface area contributed by atoms with Gasteiger partial charge in [-0.1, -0.05) is 6.07 Å². The van der Waals surface area contributed by atoms with E-state index in [9.17, 15) is 4.79 Å². The first-order chi connectivity index (χ1) is 9.31. The van der Waals surface area contributed by atoms with E-state index in [0.29, 0.717) is 13.2 Å². The number of aromatic nitrogens is 2. The second kappa shape index (κ2) is 7.06. The Hall–Kier alpha value is -1.66. The SMILES string of the molecule is CCOCC(=O)NCC(c1cccs1)n1cccn1. The highest BCUT2D eigenvalue weighted by molar-refractivity contribution is 7.10. The third kappa shape index (κ3) is 3.90. The maximum atomic E-state index is 11.6. The summed E-state index contributed by atoms with van der Waals surface area (Å²) in [7, 11) is 0. The first-order valence-corrected chi connectivity index (χ1v) is 7.06. The minimum absolute atomic E-state index is 0.0283. The van der Waals surface area contributed by atoms with Gasteiger partial charge in [0.05, 0.1) is 0 Å². The van der Waals surface area contributed by atoms with Crippen molar-refractivity contribution in [1.82, 2.24) is 15.1 Å². The number of hydrogen-bond acceptors (Lipinski definition) is 4. The molecule has 1 unspecified atom stereocenters. The van der Waals surface area contributed by atoms with E-state index in [4.69, 9.17) is 4.74 Å². The van der Waals surface area contributed by atoms with E-state index in [2.05, 4.69) is 10.4 Å². The van der Waals surface area contributed by atoms with Crippen LogP contribution in [-0.2, 0) is 9.53 Å². The van der Waals surface area contributed by atoms with Crippen LogP contribution < -0.4 is 5.32 Å². The second-order valence-electron chi connectivity index (χ2n) is 3.96. The molecule has 2 heterocycles. The summed E-state index contributed by atoms with van der Waals surface area (Å²) in [6.45, 7) is 3.02. The molecule has 0 fully saturated rings. The number of carbonyl (C=O) groups excluding carboxylic acids is 1. The number of ether oxygens (including phenoxy) is 1. The van der Waals surface area contributed by atoms with E-state index in [1.165, 1.54) is 4.88 Å². The molecular formula is C13H17N3O2S. The summed E-state index contributed by atoms with van der Waals surface area (Å²) in [6, 6.07) is 5.95. The van der Waals surface area contributed by atoms with Gasteiger partial charge in [0.1, 0.15) is 12.6 Å². The highest BCUT2D eigenvalue weighted by Gasteiger charge is 2.16. The van der Waals surface area contributed by atoms with Gasteiger partial charge in [-0.25, -0.2) is 0 Å². The molecule has 0 radical (unpaired) electrons. The zero-order valence-electron chi connectivity index (χ0n) is 10.8. The Kier molecular flexibility index (Phi) is 5.11. The summed E-state index contributed by atoms with van der Waals surface area (Å²) < 4.78 is 6.93. The Morgan fingerprint density at radius 3 is 3.11 bits per heavy atom. The fraction of sp³-hybridized carbons (Fsp3) is 0.385. The smallest absolute Gasteiger partial charge is 0.246 e. The molecule has 1 N–H and O–H groups in total. The fourth-order valence-corrected chi connectivity index (χ4v) is 2.55. The van der Waals surface area contributed by atoms with Gasteiger partial charge in [-0.05, 0) is 24.4 Å². The number of nitrogens with zero attached hydrogens (tertiary/aromatic N) is 2. The molecule has 102 valence electrons. The van der Waals surface area contributed by atoms with Crippen molar-refractivity contribution in [1.29, 1.82) is 0 Å². The third-order valence-corrected chi connectivity index (χ3v) is 3.62. The molecule has 0 saturated carbocycles. The van der Waals surface area contributed by atoms with Crippen LogP contribution in [0, 0.1) is 0 Å². The van der Waals surface area contributed by atoms with Crippen LogP contribution in [0.1, 0.15) is 17.8 Å². The Labute approximate surface area is 116 Å². The minimum atomic E-state index is -0.101. The summed E-state index contributed by atoms with van der Waals surface area (Å²) in [5.74, 6) is -0.101. The first-order valence-electron chi connectivity index (χ1n) is 6.18. The zero-order valence-corrected chi connectivity index (χ0v) is 11.6. The Morgan fingerprint density at radius 2 is 2.47 bits per heavy atom. The van der Waals surface area contributed by atoms with Crippen molar-refractivity contribution in [3.63, 3.8) is 0 Å². The van der Waals surface area contributed by atoms with Gasteiger partial charge in [-0.15, -0.1) is 11.3 Å². The van der Waals surface area contributed by atoms with Crippen molar-refractivity contribution in [3.8, 4) is 0 Å². The van der Waals surface area contributed by atoms with Crippen LogP contribution in [0.4, 0.5) is 0 Å². The fourth-order valence-electron chi connectivity index (χ4n) is 1.73. The molecule has 0 saturated heterocycles. The van der Waals surface area contributed by atoms with Gasteiger partial charge in [0.15, 0.2) is 0 Å². The molecule has 5 nitrogen and oxygen atoms in total. The summed E-state index contributed by atoms with van der Waals surface area (Å²) in [5.41, 5.74) is 0.